The fourth-order valence-electron chi connectivity index (χ4n) is 3.16. The second kappa shape index (κ2) is 5.37. The highest BCUT2D eigenvalue weighted by Gasteiger charge is 2.27. The van der Waals surface area contributed by atoms with Crippen LogP contribution >= 0.6 is 0 Å². The number of imidazole rings is 1. The maximum Gasteiger partial charge on any atom is 0.177 e. The zero-order chi connectivity index (χ0) is 15.9. The number of rotatable bonds is 2. The number of aliphatic imine (C=N–C) groups is 1. The van der Waals surface area contributed by atoms with Gasteiger partial charge in [0.1, 0.15) is 6.67 Å². The number of nitrogens with one attached hydrogen (secondary N) is 1. The van der Waals surface area contributed by atoms with Crippen molar-refractivity contribution in [2.75, 3.05) is 24.7 Å². The highest BCUT2D eigenvalue weighted by Crippen LogP contribution is 2.34. The maximum atomic E-state index is 4.67. The van der Waals surface area contributed by atoms with Crippen molar-refractivity contribution in [3.63, 3.8) is 0 Å². The molecule has 0 unspecified atom stereocenters. The Balaban J connectivity index is 1.75. The Morgan fingerprint density at radius 1 is 1.22 bits per heavy atom. The van der Waals surface area contributed by atoms with Crippen molar-refractivity contribution >= 4 is 23.1 Å². The molecule has 2 aromatic heterocycles. The third-order valence-corrected chi connectivity index (χ3v) is 4.76. The third-order valence-electron chi connectivity index (χ3n) is 4.76. The number of aromatic nitrogens is 3. The fourth-order valence-corrected chi connectivity index (χ4v) is 3.16. The Morgan fingerprint density at radius 2 is 2.04 bits per heavy atom. The molecule has 0 aromatic carbocycles. The van der Waals surface area contributed by atoms with Crippen LogP contribution in [0, 0.1) is 5.41 Å². The second-order valence-electron chi connectivity index (χ2n) is 7.04. The van der Waals surface area contributed by atoms with Gasteiger partial charge < -0.3 is 10.2 Å². The Hall–Kier alpha value is -2.37. The van der Waals surface area contributed by atoms with Gasteiger partial charge in [0.25, 0.3) is 0 Å². The van der Waals surface area contributed by atoms with Crippen molar-refractivity contribution < 1.29 is 0 Å². The van der Waals surface area contributed by atoms with Crippen molar-refractivity contribution in [1.82, 2.24) is 19.9 Å². The fraction of sp³-hybridized carbons (Fsp3) is 0.471. The summed E-state index contributed by atoms with van der Waals surface area (Å²) in [5.41, 5.74) is 4.45. The van der Waals surface area contributed by atoms with Gasteiger partial charge in [0.15, 0.2) is 5.65 Å². The predicted molar refractivity (Wildman–Crippen MR) is 92.7 cm³/mol. The quantitative estimate of drug-likeness (QED) is 0.925. The van der Waals surface area contributed by atoms with Crippen LogP contribution in [0.4, 0.5) is 5.69 Å². The summed E-state index contributed by atoms with van der Waals surface area (Å²) in [5, 5.41) is 7.82. The van der Waals surface area contributed by atoms with Gasteiger partial charge in [-0.3, -0.25) is 4.99 Å². The van der Waals surface area contributed by atoms with Crippen LogP contribution in [0.3, 0.4) is 0 Å². The molecule has 0 aliphatic carbocycles. The van der Waals surface area contributed by atoms with E-state index in [2.05, 4.69) is 45.2 Å². The van der Waals surface area contributed by atoms with E-state index in [1.165, 1.54) is 12.8 Å². The molecule has 1 fully saturated rings. The molecule has 4 rings (SSSR count). The lowest BCUT2D eigenvalue weighted by Crippen LogP contribution is -2.37. The normalized spacial score (nSPS) is 20.4. The van der Waals surface area contributed by atoms with Gasteiger partial charge in [0.2, 0.25) is 0 Å². The maximum absolute atomic E-state index is 4.67. The van der Waals surface area contributed by atoms with E-state index in [-0.39, 0.29) is 0 Å². The molecule has 0 spiro atoms. The summed E-state index contributed by atoms with van der Waals surface area (Å²) >= 11 is 0. The number of nitrogens with zero attached hydrogens (tertiary/aromatic N) is 5. The topological polar surface area (TPSA) is 57.8 Å². The second-order valence-corrected chi connectivity index (χ2v) is 7.04. The van der Waals surface area contributed by atoms with Crippen LogP contribution in [0.25, 0.3) is 11.2 Å². The van der Waals surface area contributed by atoms with Crippen LogP contribution in [0.15, 0.2) is 29.7 Å². The minimum Gasteiger partial charge on any atom is -0.372 e. The van der Waals surface area contributed by atoms with Gasteiger partial charge in [-0.2, -0.15) is 5.10 Å². The molecule has 2 aromatic rings. The van der Waals surface area contributed by atoms with Crippen LogP contribution in [0.2, 0.25) is 0 Å². The Morgan fingerprint density at radius 3 is 2.78 bits per heavy atom. The summed E-state index contributed by atoms with van der Waals surface area (Å²) in [7, 11) is 0. The Bertz CT molecular complexity index is 775. The van der Waals surface area contributed by atoms with E-state index < -0.39 is 0 Å². The molecule has 120 valence electrons. The summed E-state index contributed by atoms with van der Waals surface area (Å²) in [5.74, 6) is 0. The van der Waals surface area contributed by atoms with Gasteiger partial charge >= 0.3 is 0 Å². The summed E-state index contributed by atoms with van der Waals surface area (Å²) in [6.45, 7) is 7.45. The molecule has 0 amide bonds. The Kier molecular flexibility index (Phi) is 3.32. The lowest BCUT2D eigenvalue weighted by Gasteiger charge is -2.38. The van der Waals surface area contributed by atoms with E-state index in [1.807, 2.05) is 29.3 Å². The molecule has 4 heterocycles. The van der Waals surface area contributed by atoms with E-state index in [9.17, 15) is 0 Å². The van der Waals surface area contributed by atoms with Gasteiger partial charge in [-0.1, -0.05) is 13.8 Å². The molecular weight excluding hydrogens is 288 g/mol. The van der Waals surface area contributed by atoms with E-state index >= 15 is 0 Å². The molecule has 1 N–H and O–H groups in total. The zero-order valence-electron chi connectivity index (χ0n) is 13.7. The molecular formula is C17H22N6. The van der Waals surface area contributed by atoms with Crippen LogP contribution < -0.4 is 10.2 Å². The molecule has 0 radical (unpaired) electrons. The molecule has 2 aliphatic heterocycles. The zero-order valence-corrected chi connectivity index (χ0v) is 13.7. The highest BCUT2D eigenvalue weighted by molar-refractivity contribution is 6.09. The van der Waals surface area contributed by atoms with Crippen molar-refractivity contribution in [3.8, 4) is 0 Å². The third kappa shape index (κ3) is 2.69. The van der Waals surface area contributed by atoms with Gasteiger partial charge in [-0.05, 0) is 24.3 Å². The minimum atomic E-state index is 0.431. The molecule has 0 atom stereocenters. The van der Waals surface area contributed by atoms with Crippen LogP contribution in [-0.2, 0) is 0 Å². The first-order valence-corrected chi connectivity index (χ1v) is 8.16. The first kappa shape index (κ1) is 14.2. The molecule has 6 heteroatoms. The summed E-state index contributed by atoms with van der Waals surface area (Å²) < 4.78 is 1.87. The SMILES string of the molecule is CC1(C)CCN(c2cc(C3=CNCN=C3)nn3ccnc23)CC1. The van der Waals surface area contributed by atoms with Crippen molar-refractivity contribution in [2.45, 2.75) is 26.7 Å². The van der Waals surface area contributed by atoms with E-state index in [4.69, 9.17) is 0 Å². The average molecular weight is 310 g/mol. The van der Waals surface area contributed by atoms with Gasteiger partial charge in [-0.15, -0.1) is 0 Å². The minimum absolute atomic E-state index is 0.431. The van der Waals surface area contributed by atoms with Gasteiger partial charge in [0, 0.05) is 43.5 Å². The van der Waals surface area contributed by atoms with Crippen LogP contribution in [0.1, 0.15) is 32.4 Å². The number of fused-ring (bicyclic) bond motifs is 1. The largest absolute Gasteiger partial charge is 0.372 e. The molecule has 1 saturated heterocycles. The van der Waals surface area contributed by atoms with E-state index in [0.29, 0.717) is 12.1 Å². The Labute approximate surface area is 135 Å². The first-order valence-electron chi connectivity index (χ1n) is 8.16. The number of hydrogen-bond acceptors (Lipinski definition) is 5. The van der Waals surface area contributed by atoms with Crippen LogP contribution in [-0.4, -0.2) is 40.6 Å². The number of allylic oxidation sites excluding steroid dienone is 1. The van der Waals surface area contributed by atoms with Crippen molar-refractivity contribution in [1.29, 1.82) is 0 Å². The first-order chi connectivity index (χ1) is 11.1. The van der Waals surface area contributed by atoms with Crippen molar-refractivity contribution in [3.05, 3.63) is 30.4 Å². The van der Waals surface area contributed by atoms with E-state index in [0.717, 1.165) is 35.7 Å². The molecule has 0 saturated carbocycles. The molecule has 2 aliphatic rings. The van der Waals surface area contributed by atoms with Gasteiger partial charge in [0.05, 0.1) is 11.4 Å². The average Bonchev–Trinajstić information content (AvgIpc) is 3.03. The summed E-state index contributed by atoms with van der Waals surface area (Å²) in [6, 6.07) is 2.14. The highest BCUT2D eigenvalue weighted by atomic mass is 15.3. The number of piperidine rings is 1. The van der Waals surface area contributed by atoms with Gasteiger partial charge in [-0.25, -0.2) is 9.50 Å². The monoisotopic (exact) mass is 310 g/mol. The summed E-state index contributed by atoms with van der Waals surface area (Å²) in [4.78, 5) is 11.2. The van der Waals surface area contributed by atoms with Crippen LogP contribution in [0.5, 0.6) is 0 Å². The predicted octanol–water partition coefficient (Wildman–Crippen LogP) is 2.33. The molecule has 0 bridgehead atoms. The number of hydrogen-bond donors (Lipinski definition) is 1. The van der Waals surface area contributed by atoms with E-state index in [1.54, 1.807) is 0 Å². The van der Waals surface area contributed by atoms with Crippen molar-refractivity contribution in [2.24, 2.45) is 10.4 Å². The smallest absolute Gasteiger partial charge is 0.177 e. The lowest BCUT2D eigenvalue weighted by molar-refractivity contribution is 0.280. The molecule has 6 nitrogen and oxygen atoms in total. The molecule has 23 heavy (non-hydrogen) atoms. The summed E-state index contributed by atoms with van der Waals surface area (Å²) in [6.07, 6.45) is 9.97. The lowest BCUT2D eigenvalue weighted by atomic mass is 9.82. The standard InChI is InChI=1S/C17H22N6/c1-17(2)3-6-22(7-4-17)15-9-14(13-10-18-12-19-11-13)21-23-8-5-20-16(15)23/h5,8-11,18H,3-4,6-7,12H2,1-2H3. The number of anilines is 1.